The molecule has 0 atom stereocenters. The van der Waals surface area contributed by atoms with Crippen molar-refractivity contribution >= 4 is 33.8 Å². The normalized spacial score (nSPS) is 10.1. The van der Waals surface area contributed by atoms with Crippen molar-refractivity contribution in [3.8, 4) is 11.5 Å². The molecule has 0 aromatic heterocycles. The maximum absolute atomic E-state index is 10.6. The molecule has 104 valence electrons. The van der Waals surface area contributed by atoms with Crippen LogP contribution in [-0.4, -0.2) is 19.5 Å². The van der Waals surface area contributed by atoms with E-state index in [1.165, 1.54) is 0 Å². The first-order valence-corrected chi connectivity index (χ1v) is 7.12. The standard InChI is InChI=1S/C15H12BrClO3/c16-12-2-1-3-13(9-12)19-6-7-20-15-5-4-11(10-18)8-14(15)17/h1-5,8-10H,6-7H2. The molecule has 0 aliphatic carbocycles. The van der Waals surface area contributed by atoms with Crippen LogP contribution >= 0.6 is 27.5 Å². The second-order valence-corrected chi connectivity index (χ2v) is 5.28. The third kappa shape index (κ3) is 4.25. The highest BCUT2D eigenvalue weighted by atomic mass is 79.9. The summed E-state index contributed by atoms with van der Waals surface area (Å²) < 4.78 is 12.0. The predicted octanol–water partition coefficient (Wildman–Crippen LogP) is 4.37. The number of aldehydes is 1. The van der Waals surface area contributed by atoms with Crippen LogP contribution in [0, 0.1) is 0 Å². The van der Waals surface area contributed by atoms with Crippen molar-refractivity contribution in [2.75, 3.05) is 13.2 Å². The molecular formula is C15H12BrClO3. The number of rotatable bonds is 6. The van der Waals surface area contributed by atoms with Crippen LogP contribution in [0.4, 0.5) is 0 Å². The van der Waals surface area contributed by atoms with Crippen LogP contribution in [0.15, 0.2) is 46.9 Å². The highest BCUT2D eigenvalue weighted by Gasteiger charge is 2.03. The number of benzene rings is 2. The molecular weight excluding hydrogens is 344 g/mol. The van der Waals surface area contributed by atoms with Crippen LogP contribution in [0.5, 0.6) is 11.5 Å². The highest BCUT2D eigenvalue weighted by molar-refractivity contribution is 9.10. The lowest BCUT2D eigenvalue weighted by Crippen LogP contribution is -2.09. The molecule has 5 heteroatoms. The van der Waals surface area contributed by atoms with Crippen LogP contribution in [0.1, 0.15) is 10.4 Å². The van der Waals surface area contributed by atoms with Crippen molar-refractivity contribution in [2.24, 2.45) is 0 Å². The van der Waals surface area contributed by atoms with Gasteiger partial charge in [0.25, 0.3) is 0 Å². The Labute approximate surface area is 130 Å². The molecule has 0 bridgehead atoms. The lowest BCUT2D eigenvalue weighted by molar-refractivity contribution is 0.112. The second-order valence-electron chi connectivity index (χ2n) is 3.96. The van der Waals surface area contributed by atoms with Gasteiger partial charge in [-0.3, -0.25) is 4.79 Å². The zero-order valence-electron chi connectivity index (χ0n) is 10.5. The molecule has 0 unspecified atom stereocenters. The summed E-state index contributed by atoms with van der Waals surface area (Å²) in [5.74, 6) is 1.31. The molecule has 0 aliphatic rings. The van der Waals surface area contributed by atoms with Gasteiger partial charge in [0, 0.05) is 10.0 Å². The molecule has 0 N–H and O–H groups in total. The Kier molecular flexibility index (Phi) is 5.44. The van der Waals surface area contributed by atoms with Gasteiger partial charge in [-0.25, -0.2) is 0 Å². The molecule has 0 radical (unpaired) electrons. The fourth-order valence-electron chi connectivity index (χ4n) is 1.58. The Morgan fingerprint density at radius 2 is 1.90 bits per heavy atom. The second kappa shape index (κ2) is 7.31. The largest absolute Gasteiger partial charge is 0.490 e. The summed E-state index contributed by atoms with van der Waals surface area (Å²) in [4.78, 5) is 10.6. The molecule has 0 fully saturated rings. The van der Waals surface area contributed by atoms with Crippen LogP contribution in [0.2, 0.25) is 5.02 Å². The van der Waals surface area contributed by atoms with Crippen molar-refractivity contribution in [3.05, 3.63) is 57.5 Å². The Balaban J connectivity index is 1.83. The van der Waals surface area contributed by atoms with E-state index in [1.807, 2.05) is 24.3 Å². The van der Waals surface area contributed by atoms with E-state index in [9.17, 15) is 4.79 Å². The number of carbonyl (C=O) groups excluding carboxylic acids is 1. The molecule has 0 saturated carbocycles. The smallest absolute Gasteiger partial charge is 0.150 e. The lowest BCUT2D eigenvalue weighted by atomic mass is 10.2. The number of hydrogen-bond donors (Lipinski definition) is 0. The average Bonchev–Trinajstić information content (AvgIpc) is 2.45. The summed E-state index contributed by atoms with van der Waals surface area (Å²) in [7, 11) is 0. The molecule has 3 nitrogen and oxygen atoms in total. The number of ether oxygens (including phenoxy) is 2. The first-order valence-electron chi connectivity index (χ1n) is 5.95. The van der Waals surface area contributed by atoms with Gasteiger partial charge in [-0.05, 0) is 36.4 Å². The fourth-order valence-corrected chi connectivity index (χ4v) is 2.20. The van der Waals surface area contributed by atoms with Crippen molar-refractivity contribution in [1.82, 2.24) is 0 Å². The summed E-state index contributed by atoms with van der Waals surface area (Å²) in [6.45, 7) is 0.773. The zero-order valence-corrected chi connectivity index (χ0v) is 12.9. The Hall–Kier alpha value is -1.52. The van der Waals surface area contributed by atoms with Gasteiger partial charge >= 0.3 is 0 Å². The molecule has 0 spiro atoms. The molecule has 2 aromatic rings. The zero-order chi connectivity index (χ0) is 14.4. The molecule has 20 heavy (non-hydrogen) atoms. The lowest BCUT2D eigenvalue weighted by Gasteiger charge is -2.10. The van der Waals surface area contributed by atoms with E-state index in [4.69, 9.17) is 21.1 Å². The van der Waals surface area contributed by atoms with E-state index in [0.717, 1.165) is 16.5 Å². The van der Waals surface area contributed by atoms with Gasteiger partial charge in [-0.2, -0.15) is 0 Å². The van der Waals surface area contributed by atoms with Crippen LogP contribution in [0.3, 0.4) is 0 Å². The van der Waals surface area contributed by atoms with E-state index in [-0.39, 0.29) is 0 Å². The summed E-state index contributed by atoms with van der Waals surface area (Å²) in [6, 6.07) is 12.5. The molecule has 0 saturated heterocycles. The number of hydrogen-bond acceptors (Lipinski definition) is 3. The maximum Gasteiger partial charge on any atom is 0.150 e. The molecule has 2 aromatic carbocycles. The molecule has 2 rings (SSSR count). The summed E-state index contributed by atoms with van der Waals surface area (Å²) in [5.41, 5.74) is 0.521. The quantitative estimate of drug-likeness (QED) is 0.570. The van der Waals surface area contributed by atoms with Crippen molar-refractivity contribution in [3.63, 3.8) is 0 Å². The summed E-state index contributed by atoms with van der Waals surface area (Å²) >= 11 is 9.37. The summed E-state index contributed by atoms with van der Waals surface area (Å²) in [6.07, 6.45) is 0.742. The minimum absolute atomic E-state index is 0.368. The first kappa shape index (κ1) is 14.9. The third-order valence-electron chi connectivity index (χ3n) is 2.50. The van der Waals surface area contributed by atoms with Crippen LogP contribution in [-0.2, 0) is 0 Å². The minimum atomic E-state index is 0.368. The van der Waals surface area contributed by atoms with E-state index in [1.54, 1.807) is 18.2 Å². The Morgan fingerprint density at radius 3 is 2.60 bits per heavy atom. The van der Waals surface area contributed by atoms with Gasteiger partial charge in [0.1, 0.15) is 31.0 Å². The first-order chi connectivity index (χ1) is 9.69. The van der Waals surface area contributed by atoms with Crippen molar-refractivity contribution in [1.29, 1.82) is 0 Å². The SMILES string of the molecule is O=Cc1ccc(OCCOc2cccc(Br)c2)c(Cl)c1. The maximum atomic E-state index is 10.6. The van der Waals surface area contributed by atoms with Crippen LogP contribution in [0.25, 0.3) is 0 Å². The van der Waals surface area contributed by atoms with Gasteiger partial charge in [-0.1, -0.05) is 33.6 Å². The van der Waals surface area contributed by atoms with Gasteiger partial charge in [0.15, 0.2) is 0 Å². The van der Waals surface area contributed by atoms with Crippen molar-refractivity contribution in [2.45, 2.75) is 0 Å². The topological polar surface area (TPSA) is 35.5 Å². The Morgan fingerprint density at radius 1 is 1.10 bits per heavy atom. The monoisotopic (exact) mass is 354 g/mol. The van der Waals surface area contributed by atoms with Gasteiger partial charge in [0.05, 0.1) is 5.02 Å². The van der Waals surface area contributed by atoms with Crippen molar-refractivity contribution < 1.29 is 14.3 Å². The average molecular weight is 356 g/mol. The molecule has 0 heterocycles. The van der Waals surface area contributed by atoms with E-state index in [2.05, 4.69) is 15.9 Å². The highest BCUT2D eigenvalue weighted by Crippen LogP contribution is 2.25. The minimum Gasteiger partial charge on any atom is -0.490 e. The van der Waals surface area contributed by atoms with E-state index < -0.39 is 0 Å². The Bertz CT molecular complexity index is 601. The summed E-state index contributed by atoms with van der Waals surface area (Å²) in [5, 5.41) is 0.414. The number of carbonyl (C=O) groups is 1. The van der Waals surface area contributed by atoms with Gasteiger partial charge in [-0.15, -0.1) is 0 Å². The third-order valence-corrected chi connectivity index (χ3v) is 3.29. The number of halogens is 2. The predicted molar refractivity (Wildman–Crippen MR) is 82.0 cm³/mol. The van der Waals surface area contributed by atoms with Gasteiger partial charge < -0.3 is 9.47 Å². The fraction of sp³-hybridized carbons (Fsp3) is 0.133. The molecule has 0 amide bonds. The van der Waals surface area contributed by atoms with Crippen LogP contribution < -0.4 is 9.47 Å². The van der Waals surface area contributed by atoms with E-state index >= 15 is 0 Å². The van der Waals surface area contributed by atoms with E-state index in [0.29, 0.717) is 29.5 Å². The van der Waals surface area contributed by atoms with Gasteiger partial charge in [0.2, 0.25) is 0 Å². The molecule has 0 aliphatic heterocycles.